The number of benzene rings is 2. The third-order valence-electron chi connectivity index (χ3n) is 11.6. The van der Waals surface area contributed by atoms with E-state index in [-0.39, 0.29) is 63.1 Å². The Balaban J connectivity index is 1.55. The highest BCUT2D eigenvalue weighted by Crippen LogP contribution is 2.62. The molecule has 6 atom stereocenters. The summed E-state index contributed by atoms with van der Waals surface area (Å²) in [6.45, 7) is 9.37. The molecule has 1 saturated carbocycles. The van der Waals surface area contributed by atoms with Crippen LogP contribution < -0.4 is 9.47 Å². The third-order valence-corrected chi connectivity index (χ3v) is 11.8. The van der Waals surface area contributed by atoms with Crippen LogP contribution >= 0.6 is 11.6 Å². The van der Waals surface area contributed by atoms with E-state index in [2.05, 4.69) is 23.7 Å². The van der Waals surface area contributed by atoms with Gasteiger partial charge in [0.05, 0.1) is 29.8 Å². The summed E-state index contributed by atoms with van der Waals surface area (Å²) >= 11 is 6.03. The highest BCUT2D eigenvalue weighted by atomic mass is 35.5. The third kappa shape index (κ3) is 10.5. The Labute approximate surface area is 354 Å². The van der Waals surface area contributed by atoms with Gasteiger partial charge in [-0.25, -0.2) is 4.79 Å². The van der Waals surface area contributed by atoms with Gasteiger partial charge in [-0.15, -0.1) is 18.2 Å². The van der Waals surface area contributed by atoms with E-state index in [0.29, 0.717) is 43.9 Å². The van der Waals surface area contributed by atoms with Crippen LogP contribution in [0.2, 0.25) is 0 Å². The maximum atomic E-state index is 14.1. The molecule has 0 bridgehead atoms. The number of fused-ring (bicyclic) bond motifs is 2. The number of amides is 1. The number of carbonyl (C=O) groups excluding carboxylic acids is 1. The molecule has 2 aromatic carbocycles. The molecule has 12 heteroatoms. The Bertz CT molecular complexity index is 1890. The Morgan fingerprint density at radius 2 is 1.85 bits per heavy atom. The van der Waals surface area contributed by atoms with Gasteiger partial charge in [0, 0.05) is 43.4 Å². The predicted octanol–water partition coefficient (Wildman–Crippen LogP) is 8.89. The van der Waals surface area contributed by atoms with Gasteiger partial charge in [0.2, 0.25) is 5.79 Å². The number of nitrogens with zero attached hydrogens (tertiary/aromatic N) is 3. The van der Waals surface area contributed by atoms with Crippen LogP contribution in [0.5, 0.6) is 11.5 Å². The highest BCUT2D eigenvalue weighted by molar-refractivity contribution is 6.18. The van der Waals surface area contributed by atoms with Crippen LogP contribution in [0.15, 0.2) is 96.2 Å². The number of ether oxygens (including phenoxy) is 4. The lowest BCUT2D eigenvalue weighted by Gasteiger charge is -2.59. The first-order valence-electron chi connectivity index (χ1n) is 21.2. The Morgan fingerprint density at radius 1 is 1.05 bits per heavy atom. The van der Waals surface area contributed by atoms with Gasteiger partial charge >= 0.3 is 6.09 Å². The molecule has 0 radical (unpaired) electrons. The summed E-state index contributed by atoms with van der Waals surface area (Å²) in [4.78, 5) is 26.7. The standard InChI is InChI=1S/C47H60ClN3O8/c1-4-23-51(46(54)55-27-22-48)43-30-41(50-58-31-34-15-7-6-8-16-34)39-28-35(17-9-11-24-52)38(19-10-12-25-53)44-40-29-37(56-32-36-18-13-14-33(3)49-36)20-21-42(40)59-47(43,45(39)44)57-26-5-2/h5-8,13-16,18,20-21,28-29,35,38,43-45,52-53H,2,4,9-12,17,19,22-27,30-32H2,1,3H3. The molecule has 1 aromatic heterocycles. The van der Waals surface area contributed by atoms with Crippen LogP contribution in [0.1, 0.15) is 86.7 Å². The number of aromatic nitrogens is 1. The number of aliphatic hydroxyl groups excluding tert-OH is 2. The van der Waals surface area contributed by atoms with Crippen LogP contribution in [-0.4, -0.2) is 82.6 Å². The van der Waals surface area contributed by atoms with Crippen molar-refractivity contribution in [1.82, 2.24) is 9.88 Å². The van der Waals surface area contributed by atoms with E-state index in [1.807, 2.05) is 74.5 Å². The number of halogens is 1. The fraction of sp³-hybridized carbons (Fsp3) is 0.511. The van der Waals surface area contributed by atoms with Crippen LogP contribution in [-0.2, 0) is 27.5 Å². The van der Waals surface area contributed by atoms with Crippen molar-refractivity contribution in [1.29, 1.82) is 0 Å². The van der Waals surface area contributed by atoms with Crippen molar-refractivity contribution in [2.24, 2.45) is 22.9 Å². The maximum Gasteiger partial charge on any atom is 0.410 e. The second-order valence-electron chi connectivity index (χ2n) is 15.6. The molecule has 6 unspecified atom stereocenters. The minimum Gasteiger partial charge on any atom is -0.487 e. The zero-order valence-electron chi connectivity index (χ0n) is 34.5. The van der Waals surface area contributed by atoms with Crippen LogP contribution in [0.25, 0.3) is 0 Å². The Hall–Kier alpha value is -4.42. The fourth-order valence-electron chi connectivity index (χ4n) is 9.16. The number of aryl methyl sites for hydroxylation is 1. The van der Waals surface area contributed by atoms with Crippen molar-refractivity contribution < 1.29 is 38.8 Å². The fourth-order valence-corrected chi connectivity index (χ4v) is 9.24. The highest BCUT2D eigenvalue weighted by Gasteiger charge is 2.65. The molecule has 2 N–H and O–H groups in total. The normalized spacial score (nSPS) is 23.6. The second-order valence-corrected chi connectivity index (χ2v) is 16.0. The molecule has 3 aliphatic rings. The van der Waals surface area contributed by atoms with Gasteiger partial charge in [-0.1, -0.05) is 73.5 Å². The van der Waals surface area contributed by atoms with Crippen LogP contribution in [0.3, 0.4) is 0 Å². The number of alkyl halides is 1. The van der Waals surface area contributed by atoms with Crippen LogP contribution in [0.4, 0.5) is 4.79 Å². The molecular weight excluding hydrogens is 770 g/mol. The van der Waals surface area contributed by atoms with Crippen molar-refractivity contribution in [3.8, 4) is 11.5 Å². The SMILES string of the molecule is C=CCOC12Oc3ccc(OCc4cccc(C)n4)cc3C3C(CCCCO)C(CCCCO)C=C(C(=NOCc4ccccc4)CC1N(CCC)C(=O)OCCCl)C32. The summed E-state index contributed by atoms with van der Waals surface area (Å²) in [5.41, 5.74) is 5.38. The molecule has 6 rings (SSSR count). The summed E-state index contributed by atoms with van der Waals surface area (Å²) in [5, 5.41) is 24.7. The second kappa shape index (κ2) is 21.7. The predicted molar refractivity (Wildman–Crippen MR) is 229 cm³/mol. The Kier molecular flexibility index (Phi) is 16.3. The van der Waals surface area contributed by atoms with Crippen molar-refractivity contribution in [3.63, 3.8) is 0 Å². The first-order valence-corrected chi connectivity index (χ1v) is 21.7. The van der Waals surface area contributed by atoms with Gasteiger partial charge in [-0.3, -0.25) is 9.88 Å². The molecule has 59 heavy (non-hydrogen) atoms. The van der Waals surface area contributed by atoms with E-state index in [4.69, 9.17) is 40.5 Å². The Morgan fingerprint density at radius 3 is 2.58 bits per heavy atom. The summed E-state index contributed by atoms with van der Waals surface area (Å²) < 4.78 is 26.5. The van der Waals surface area contributed by atoms with Crippen molar-refractivity contribution >= 4 is 23.4 Å². The van der Waals surface area contributed by atoms with E-state index in [0.717, 1.165) is 59.5 Å². The lowest BCUT2D eigenvalue weighted by molar-refractivity contribution is -0.255. The quantitative estimate of drug-likeness (QED) is 0.0441. The number of aliphatic hydroxyl groups is 2. The number of unbranched alkanes of at least 4 members (excludes halogenated alkanes) is 2. The van der Waals surface area contributed by atoms with Gasteiger partial charge in [0.25, 0.3) is 0 Å². The number of allylic oxidation sites excluding steroid dienone is 1. The molecule has 318 valence electrons. The molecule has 11 nitrogen and oxygen atoms in total. The van der Waals surface area contributed by atoms with Gasteiger partial charge in [0.15, 0.2) is 0 Å². The number of carbonyl (C=O) groups is 1. The van der Waals surface area contributed by atoms with E-state index in [9.17, 15) is 15.0 Å². The average Bonchev–Trinajstić information content (AvgIpc) is 3.25. The average molecular weight is 830 g/mol. The van der Waals surface area contributed by atoms with Crippen molar-refractivity contribution in [3.05, 3.63) is 114 Å². The largest absolute Gasteiger partial charge is 0.487 e. The molecule has 2 heterocycles. The summed E-state index contributed by atoms with van der Waals surface area (Å²) in [6, 6.07) is 21.1. The molecule has 1 fully saturated rings. The van der Waals surface area contributed by atoms with E-state index in [1.54, 1.807) is 11.0 Å². The minimum atomic E-state index is -1.38. The van der Waals surface area contributed by atoms with Crippen LogP contribution in [0, 0.1) is 24.7 Å². The molecule has 1 amide bonds. The summed E-state index contributed by atoms with van der Waals surface area (Å²) in [6.07, 6.45) is 9.14. The monoisotopic (exact) mass is 829 g/mol. The van der Waals surface area contributed by atoms with Crippen molar-refractivity contribution in [2.75, 3.05) is 38.9 Å². The number of hydrogen-bond acceptors (Lipinski definition) is 10. The lowest BCUT2D eigenvalue weighted by atomic mass is 9.55. The first-order chi connectivity index (χ1) is 28.9. The zero-order chi connectivity index (χ0) is 41.6. The minimum absolute atomic E-state index is 0.0547. The van der Waals surface area contributed by atoms with Gasteiger partial charge in [-0.2, -0.15) is 0 Å². The number of hydrogen-bond donors (Lipinski definition) is 2. The maximum absolute atomic E-state index is 14.1. The molecule has 0 spiro atoms. The molecule has 2 aliphatic carbocycles. The van der Waals surface area contributed by atoms with Gasteiger partial charge in [0.1, 0.15) is 37.4 Å². The van der Waals surface area contributed by atoms with E-state index < -0.39 is 23.8 Å². The zero-order valence-corrected chi connectivity index (χ0v) is 35.2. The number of pyridine rings is 1. The van der Waals surface area contributed by atoms with Gasteiger partial charge < -0.3 is 34.0 Å². The summed E-state index contributed by atoms with van der Waals surface area (Å²) in [7, 11) is 0. The molecule has 1 aliphatic heterocycles. The number of rotatable bonds is 22. The van der Waals surface area contributed by atoms with E-state index >= 15 is 0 Å². The van der Waals surface area contributed by atoms with Gasteiger partial charge in [-0.05, 0) is 92.3 Å². The lowest BCUT2D eigenvalue weighted by Crippen LogP contribution is -2.70. The molecule has 3 aromatic rings. The summed E-state index contributed by atoms with van der Waals surface area (Å²) in [5.74, 6) is -0.363. The first kappa shape index (κ1) is 44.1. The van der Waals surface area contributed by atoms with E-state index in [1.165, 1.54) is 0 Å². The molecular formula is C47H60ClN3O8. The number of oxime groups is 1. The molecule has 0 saturated heterocycles. The van der Waals surface area contributed by atoms with Crippen molar-refractivity contribution in [2.45, 2.75) is 96.2 Å². The topological polar surface area (TPSA) is 132 Å². The smallest absolute Gasteiger partial charge is 0.410 e.